The van der Waals surface area contributed by atoms with Gasteiger partial charge in [0, 0.05) is 6.61 Å². The summed E-state index contributed by atoms with van der Waals surface area (Å²) in [6.07, 6.45) is 19.2. The summed E-state index contributed by atoms with van der Waals surface area (Å²) in [6, 6.07) is 2.81. The van der Waals surface area contributed by atoms with Gasteiger partial charge in [-0.3, -0.25) is 0 Å². The van der Waals surface area contributed by atoms with Crippen molar-refractivity contribution in [3.05, 3.63) is 34.9 Å². The molecule has 0 amide bonds. The van der Waals surface area contributed by atoms with E-state index in [1.807, 2.05) is 0 Å². The molecule has 0 unspecified atom stereocenters. The maximum absolute atomic E-state index is 10.6. The molecule has 7 nitrogen and oxygen atoms in total. The van der Waals surface area contributed by atoms with Crippen molar-refractivity contribution in [3.8, 4) is 0 Å². The molecule has 0 atom stereocenters. The lowest BCUT2D eigenvalue weighted by molar-refractivity contribution is 0.0649. The van der Waals surface area contributed by atoms with E-state index in [-0.39, 0.29) is 5.56 Å². The minimum absolute atomic E-state index is 0.266. The van der Waals surface area contributed by atoms with Crippen LogP contribution < -0.4 is 0 Å². The van der Waals surface area contributed by atoms with Crippen LogP contribution in [0.2, 0.25) is 0 Å². The van der Waals surface area contributed by atoms with Crippen molar-refractivity contribution in [1.82, 2.24) is 0 Å². The summed E-state index contributed by atoms with van der Waals surface area (Å²) in [7, 11) is 0. The van der Waals surface area contributed by atoms with Crippen LogP contribution >= 0.6 is 0 Å². The quantitative estimate of drug-likeness (QED) is 0.206. The number of unbranched alkanes of at least 4 members (excludes halogenated alkanes) is 13. The van der Waals surface area contributed by atoms with E-state index in [0.717, 1.165) is 24.6 Å². The average molecular weight is 453 g/mol. The fraction of sp³-hybridized carbons (Fsp3) is 0.640. The number of carbonyl (C=O) groups is 3. The lowest BCUT2D eigenvalue weighted by Gasteiger charge is -2.02. The summed E-state index contributed by atoms with van der Waals surface area (Å²) in [5.74, 6) is -4.20. The van der Waals surface area contributed by atoms with Crippen molar-refractivity contribution in [3.63, 3.8) is 0 Å². The number of carboxylic acids is 3. The van der Waals surface area contributed by atoms with Crippen LogP contribution in [0.1, 0.15) is 128 Å². The molecule has 0 aliphatic heterocycles. The standard InChI is InChI=1S/C16H34O.C9H6O6/c1-2-3-4-5-6-7-8-9-10-11-12-13-14-15-16-17;10-7(11)4-1-2-5(8(12)13)6(3-4)9(14)15/h17H,2-16H2,1H3;1-3H,(H,10,11)(H,12,13)(H,14,15). The molecule has 1 aromatic rings. The molecule has 7 heteroatoms. The van der Waals surface area contributed by atoms with E-state index < -0.39 is 29.0 Å². The third kappa shape index (κ3) is 14.6. The van der Waals surface area contributed by atoms with Gasteiger partial charge in [-0.15, -0.1) is 0 Å². The van der Waals surface area contributed by atoms with Crippen LogP contribution in [-0.4, -0.2) is 44.9 Å². The van der Waals surface area contributed by atoms with E-state index in [0.29, 0.717) is 6.61 Å². The van der Waals surface area contributed by atoms with E-state index in [1.165, 1.54) is 83.5 Å². The fourth-order valence-corrected chi connectivity index (χ4v) is 3.35. The van der Waals surface area contributed by atoms with Crippen LogP contribution in [0.5, 0.6) is 0 Å². The molecule has 0 aliphatic rings. The van der Waals surface area contributed by atoms with Crippen molar-refractivity contribution < 1.29 is 34.8 Å². The number of hydrogen-bond acceptors (Lipinski definition) is 4. The normalized spacial score (nSPS) is 10.3. The van der Waals surface area contributed by atoms with Gasteiger partial charge in [-0.1, -0.05) is 90.4 Å². The molecule has 32 heavy (non-hydrogen) atoms. The molecule has 0 aromatic heterocycles. The van der Waals surface area contributed by atoms with Crippen LogP contribution in [0, 0.1) is 0 Å². The SMILES string of the molecule is CCCCCCCCCCCCCCCCO.O=C(O)c1ccc(C(=O)O)c(C(=O)O)c1. The van der Waals surface area contributed by atoms with Crippen LogP contribution in [-0.2, 0) is 0 Å². The Balaban J connectivity index is 0.000000604. The summed E-state index contributed by atoms with van der Waals surface area (Å²) in [4.78, 5) is 31.8. The highest BCUT2D eigenvalue weighted by molar-refractivity contribution is 6.03. The first-order valence-corrected chi connectivity index (χ1v) is 11.8. The average Bonchev–Trinajstić information content (AvgIpc) is 2.76. The van der Waals surface area contributed by atoms with E-state index in [2.05, 4.69) is 6.92 Å². The molecule has 0 heterocycles. The molecule has 0 spiro atoms. The number of hydrogen-bond donors (Lipinski definition) is 4. The Kier molecular flexibility index (Phi) is 17.8. The van der Waals surface area contributed by atoms with Gasteiger partial charge < -0.3 is 20.4 Å². The highest BCUT2D eigenvalue weighted by Crippen LogP contribution is 2.13. The molecule has 0 bridgehead atoms. The monoisotopic (exact) mass is 452 g/mol. The first-order valence-electron chi connectivity index (χ1n) is 11.8. The van der Waals surface area contributed by atoms with Crippen molar-refractivity contribution in [2.75, 3.05) is 6.61 Å². The first kappa shape index (κ1) is 29.6. The topological polar surface area (TPSA) is 132 Å². The molecule has 0 saturated heterocycles. The largest absolute Gasteiger partial charge is 0.478 e. The lowest BCUT2D eigenvalue weighted by Crippen LogP contribution is -2.10. The van der Waals surface area contributed by atoms with Gasteiger partial charge in [0.25, 0.3) is 0 Å². The summed E-state index contributed by atoms with van der Waals surface area (Å²) >= 11 is 0. The summed E-state index contributed by atoms with van der Waals surface area (Å²) in [6.45, 7) is 2.65. The number of benzene rings is 1. The van der Waals surface area contributed by atoms with Crippen molar-refractivity contribution in [2.24, 2.45) is 0 Å². The Labute approximate surface area is 191 Å². The second-order valence-corrected chi connectivity index (χ2v) is 8.00. The highest BCUT2D eigenvalue weighted by atomic mass is 16.4. The maximum atomic E-state index is 10.6. The van der Waals surface area contributed by atoms with Crippen LogP contribution in [0.4, 0.5) is 0 Å². The Bertz CT molecular complexity index is 656. The molecule has 4 N–H and O–H groups in total. The minimum atomic E-state index is -1.48. The summed E-state index contributed by atoms with van der Waals surface area (Å²) in [5.41, 5.74) is -1.24. The molecule has 0 fully saturated rings. The number of aromatic carboxylic acids is 3. The zero-order valence-electron chi connectivity index (χ0n) is 19.4. The van der Waals surface area contributed by atoms with Crippen molar-refractivity contribution >= 4 is 17.9 Å². The maximum Gasteiger partial charge on any atom is 0.336 e. The third-order valence-corrected chi connectivity index (χ3v) is 5.24. The van der Waals surface area contributed by atoms with Gasteiger partial charge in [0.05, 0.1) is 16.7 Å². The van der Waals surface area contributed by atoms with E-state index in [9.17, 15) is 14.4 Å². The molecular weight excluding hydrogens is 412 g/mol. The summed E-state index contributed by atoms with van der Waals surface area (Å²) < 4.78 is 0. The van der Waals surface area contributed by atoms with Gasteiger partial charge in [-0.25, -0.2) is 14.4 Å². The van der Waals surface area contributed by atoms with E-state index in [4.69, 9.17) is 20.4 Å². The first-order chi connectivity index (χ1) is 15.3. The highest BCUT2D eigenvalue weighted by Gasteiger charge is 2.17. The zero-order valence-corrected chi connectivity index (χ0v) is 19.4. The number of rotatable bonds is 17. The van der Waals surface area contributed by atoms with Crippen molar-refractivity contribution in [2.45, 2.75) is 96.8 Å². The second kappa shape index (κ2) is 19.3. The zero-order chi connectivity index (χ0) is 24.2. The van der Waals surface area contributed by atoms with Crippen LogP contribution in [0.25, 0.3) is 0 Å². The van der Waals surface area contributed by atoms with E-state index in [1.54, 1.807) is 0 Å². The number of aliphatic hydroxyl groups excluding tert-OH is 1. The second-order valence-electron chi connectivity index (χ2n) is 8.00. The third-order valence-electron chi connectivity index (χ3n) is 5.24. The van der Waals surface area contributed by atoms with E-state index >= 15 is 0 Å². The van der Waals surface area contributed by atoms with Gasteiger partial charge >= 0.3 is 17.9 Å². The number of carboxylic acid groups (broad SMARTS) is 3. The minimum Gasteiger partial charge on any atom is -0.478 e. The van der Waals surface area contributed by atoms with Gasteiger partial charge in [0.2, 0.25) is 0 Å². The Morgan fingerprint density at radius 1 is 0.594 bits per heavy atom. The van der Waals surface area contributed by atoms with Gasteiger partial charge in [-0.2, -0.15) is 0 Å². The molecule has 0 aliphatic carbocycles. The molecule has 1 rings (SSSR count). The predicted octanol–water partition coefficient (Wildman–Crippen LogP) is 6.24. The Morgan fingerprint density at radius 3 is 1.34 bits per heavy atom. The summed E-state index contributed by atoms with van der Waals surface area (Å²) in [5, 5.41) is 34.5. The molecule has 0 radical (unpaired) electrons. The molecule has 182 valence electrons. The number of aliphatic hydroxyl groups is 1. The van der Waals surface area contributed by atoms with Gasteiger partial charge in [0.1, 0.15) is 0 Å². The van der Waals surface area contributed by atoms with Crippen LogP contribution in [0.15, 0.2) is 18.2 Å². The Morgan fingerprint density at radius 2 is 1.00 bits per heavy atom. The molecular formula is C25H40O7. The van der Waals surface area contributed by atoms with Gasteiger partial charge in [0.15, 0.2) is 0 Å². The smallest absolute Gasteiger partial charge is 0.336 e. The van der Waals surface area contributed by atoms with Crippen LogP contribution in [0.3, 0.4) is 0 Å². The Hall–Kier alpha value is -2.41. The molecule has 1 aromatic carbocycles. The predicted molar refractivity (Wildman–Crippen MR) is 125 cm³/mol. The molecule has 0 saturated carbocycles. The lowest BCUT2D eigenvalue weighted by atomic mass is 10.0. The van der Waals surface area contributed by atoms with Gasteiger partial charge in [-0.05, 0) is 24.6 Å². The fourth-order valence-electron chi connectivity index (χ4n) is 3.35. The van der Waals surface area contributed by atoms with Crippen molar-refractivity contribution in [1.29, 1.82) is 0 Å².